The zero-order valence-corrected chi connectivity index (χ0v) is 14.6. The third-order valence-corrected chi connectivity index (χ3v) is 4.42. The molecule has 0 aliphatic rings. The topological polar surface area (TPSA) is 54.1 Å². The minimum Gasteiger partial charge on any atom is -0.496 e. The molecule has 0 saturated carbocycles. The van der Waals surface area contributed by atoms with Crippen LogP contribution in [0.5, 0.6) is 5.75 Å². The molecule has 4 nitrogen and oxygen atoms in total. The maximum atomic E-state index is 12.3. The maximum absolute atomic E-state index is 12.3. The summed E-state index contributed by atoms with van der Waals surface area (Å²) in [5.41, 5.74) is 3.70. The van der Waals surface area contributed by atoms with Gasteiger partial charge in [-0.3, -0.25) is 9.52 Å². The molecule has 0 unspecified atom stereocenters. The molecular formula is C19H20N2O2S. The molecule has 124 valence electrons. The molecule has 1 heterocycles. The van der Waals surface area contributed by atoms with Gasteiger partial charge < -0.3 is 9.72 Å². The second-order valence-electron chi connectivity index (χ2n) is 5.56. The van der Waals surface area contributed by atoms with Gasteiger partial charge in [0.05, 0.1) is 7.11 Å². The van der Waals surface area contributed by atoms with Crippen LogP contribution in [0.3, 0.4) is 0 Å². The van der Waals surface area contributed by atoms with E-state index in [0.29, 0.717) is 6.42 Å². The SMILES string of the molecule is COc1cc(CNSC)ccc1Cc1cc2ccccc2[nH]c1=O. The van der Waals surface area contributed by atoms with E-state index < -0.39 is 0 Å². The third kappa shape index (κ3) is 3.63. The lowest BCUT2D eigenvalue weighted by atomic mass is 10.0. The number of aromatic nitrogens is 1. The number of nitrogens with one attached hydrogen (secondary N) is 2. The number of hydrogen-bond acceptors (Lipinski definition) is 4. The van der Waals surface area contributed by atoms with Gasteiger partial charge in [0.2, 0.25) is 0 Å². The highest BCUT2D eigenvalue weighted by Crippen LogP contribution is 2.23. The fourth-order valence-electron chi connectivity index (χ4n) is 2.73. The van der Waals surface area contributed by atoms with Crippen molar-refractivity contribution in [3.8, 4) is 5.75 Å². The average molecular weight is 340 g/mol. The van der Waals surface area contributed by atoms with Crippen LogP contribution in [0.1, 0.15) is 16.7 Å². The number of aromatic amines is 1. The summed E-state index contributed by atoms with van der Waals surface area (Å²) < 4.78 is 8.74. The molecular weight excluding hydrogens is 320 g/mol. The highest BCUT2D eigenvalue weighted by atomic mass is 32.2. The molecule has 0 bridgehead atoms. The highest BCUT2D eigenvalue weighted by molar-refractivity contribution is 7.96. The summed E-state index contributed by atoms with van der Waals surface area (Å²) in [5.74, 6) is 0.808. The van der Waals surface area contributed by atoms with Gasteiger partial charge in [-0.05, 0) is 41.0 Å². The lowest BCUT2D eigenvalue weighted by molar-refractivity contribution is 0.410. The standard InChI is InChI=1S/C19H20N2O2S/c1-23-18-9-13(12-20-24-2)7-8-15(18)11-16-10-14-5-3-4-6-17(14)21-19(16)22/h3-10,20H,11-12H2,1-2H3,(H,21,22). The van der Waals surface area contributed by atoms with Crippen LogP contribution in [0.2, 0.25) is 0 Å². The summed E-state index contributed by atoms with van der Waals surface area (Å²) in [4.78, 5) is 15.3. The van der Waals surface area contributed by atoms with Crippen molar-refractivity contribution in [2.45, 2.75) is 13.0 Å². The van der Waals surface area contributed by atoms with Crippen LogP contribution in [-0.4, -0.2) is 18.3 Å². The predicted molar refractivity (Wildman–Crippen MR) is 101 cm³/mol. The Balaban J connectivity index is 1.93. The Kier molecular flexibility index (Phi) is 5.23. The summed E-state index contributed by atoms with van der Waals surface area (Å²) >= 11 is 1.58. The molecule has 0 fully saturated rings. The van der Waals surface area contributed by atoms with Crippen molar-refractivity contribution in [3.63, 3.8) is 0 Å². The number of ether oxygens (including phenoxy) is 1. The van der Waals surface area contributed by atoms with Gasteiger partial charge in [0.15, 0.2) is 0 Å². The van der Waals surface area contributed by atoms with Crippen molar-refractivity contribution in [1.82, 2.24) is 9.71 Å². The van der Waals surface area contributed by atoms with E-state index in [1.807, 2.05) is 48.7 Å². The summed E-state index contributed by atoms with van der Waals surface area (Å²) in [6, 6.07) is 15.9. The first-order chi connectivity index (χ1) is 11.7. The molecule has 2 aromatic carbocycles. The second-order valence-corrected chi connectivity index (χ2v) is 6.26. The molecule has 0 aliphatic carbocycles. The van der Waals surface area contributed by atoms with E-state index >= 15 is 0 Å². The average Bonchev–Trinajstić information content (AvgIpc) is 2.61. The van der Waals surface area contributed by atoms with Crippen LogP contribution < -0.4 is 15.0 Å². The van der Waals surface area contributed by atoms with Crippen molar-refractivity contribution in [3.05, 3.63) is 75.6 Å². The fraction of sp³-hybridized carbons (Fsp3) is 0.211. The van der Waals surface area contributed by atoms with E-state index in [2.05, 4.69) is 15.8 Å². The Bertz CT molecular complexity index is 905. The summed E-state index contributed by atoms with van der Waals surface area (Å²) in [6.45, 7) is 0.772. The molecule has 0 atom stereocenters. The van der Waals surface area contributed by atoms with Gasteiger partial charge >= 0.3 is 0 Å². The summed E-state index contributed by atoms with van der Waals surface area (Å²) in [6.07, 6.45) is 2.54. The predicted octanol–water partition coefficient (Wildman–Crippen LogP) is 3.50. The molecule has 1 aromatic heterocycles. The van der Waals surface area contributed by atoms with Gasteiger partial charge in [-0.25, -0.2) is 0 Å². The van der Waals surface area contributed by atoms with Gasteiger partial charge in [0.25, 0.3) is 5.56 Å². The third-order valence-electron chi connectivity index (χ3n) is 3.98. The molecule has 24 heavy (non-hydrogen) atoms. The number of pyridine rings is 1. The first-order valence-corrected chi connectivity index (χ1v) is 8.96. The maximum Gasteiger partial charge on any atom is 0.251 e. The normalized spacial score (nSPS) is 10.9. The fourth-order valence-corrected chi connectivity index (χ4v) is 3.04. The smallest absolute Gasteiger partial charge is 0.251 e. The van der Waals surface area contributed by atoms with Crippen molar-refractivity contribution in [2.75, 3.05) is 13.4 Å². The van der Waals surface area contributed by atoms with E-state index in [1.54, 1.807) is 19.1 Å². The number of methoxy groups -OCH3 is 1. The largest absolute Gasteiger partial charge is 0.496 e. The summed E-state index contributed by atoms with van der Waals surface area (Å²) in [5, 5.41) is 1.03. The Morgan fingerprint density at radius 2 is 1.96 bits per heavy atom. The van der Waals surface area contributed by atoms with Crippen LogP contribution in [-0.2, 0) is 13.0 Å². The van der Waals surface area contributed by atoms with E-state index in [4.69, 9.17) is 4.74 Å². The number of hydrogen-bond donors (Lipinski definition) is 2. The van der Waals surface area contributed by atoms with Crippen LogP contribution >= 0.6 is 11.9 Å². The first kappa shape index (κ1) is 16.6. The van der Waals surface area contributed by atoms with Crippen molar-refractivity contribution in [1.29, 1.82) is 0 Å². The van der Waals surface area contributed by atoms with Gasteiger partial charge in [-0.2, -0.15) is 0 Å². The number of rotatable bonds is 6. The summed E-state index contributed by atoms with van der Waals surface area (Å²) in [7, 11) is 1.66. The number of benzene rings is 2. The highest BCUT2D eigenvalue weighted by Gasteiger charge is 2.09. The van der Waals surface area contributed by atoms with Gasteiger partial charge in [0, 0.05) is 24.0 Å². The lowest BCUT2D eigenvalue weighted by Crippen LogP contribution is -2.13. The van der Waals surface area contributed by atoms with E-state index in [1.165, 1.54) is 0 Å². The Morgan fingerprint density at radius 3 is 2.75 bits per heavy atom. The molecule has 0 aliphatic heterocycles. The second kappa shape index (κ2) is 7.55. The molecule has 5 heteroatoms. The molecule has 3 rings (SSSR count). The van der Waals surface area contributed by atoms with Gasteiger partial charge in [-0.15, -0.1) is 0 Å². The van der Waals surface area contributed by atoms with Gasteiger partial charge in [0.1, 0.15) is 5.75 Å². The quantitative estimate of drug-likeness (QED) is 0.675. The number of fused-ring (bicyclic) bond motifs is 1. The Morgan fingerprint density at radius 1 is 1.12 bits per heavy atom. The zero-order valence-electron chi connectivity index (χ0n) is 13.8. The number of H-pyrrole nitrogens is 1. The Labute approximate surface area is 145 Å². The molecule has 0 amide bonds. The van der Waals surface area contributed by atoms with E-state index in [-0.39, 0.29) is 5.56 Å². The molecule has 0 spiro atoms. The number of para-hydroxylation sites is 1. The van der Waals surface area contributed by atoms with Crippen molar-refractivity contribution in [2.24, 2.45) is 0 Å². The van der Waals surface area contributed by atoms with E-state index in [9.17, 15) is 4.79 Å². The van der Waals surface area contributed by atoms with Crippen LogP contribution in [0.4, 0.5) is 0 Å². The minimum absolute atomic E-state index is 0.0520. The molecule has 2 N–H and O–H groups in total. The first-order valence-electron chi connectivity index (χ1n) is 7.74. The lowest BCUT2D eigenvalue weighted by Gasteiger charge is -2.11. The zero-order chi connectivity index (χ0) is 16.9. The van der Waals surface area contributed by atoms with Crippen LogP contribution in [0, 0.1) is 0 Å². The van der Waals surface area contributed by atoms with Gasteiger partial charge in [-0.1, -0.05) is 42.3 Å². The van der Waals surface area contributed by atoms with Crippen molar-refractivity contribution < 1.29 is 4.74 Å². The Hall–Kier alpha value is -2.24. The molecule has 3 aromatic rings. The van der Waals surface area contributed by atoms with Crippen LogP contribution in [0.25, 0.3) is 10.9 Å². The van der Waals surface area contributed by atoms with Crippen LogP contribution in [0.15, 0.2) is 53.3 Å². The van der Waals surface area contributed by atoms with Crippen molar-refractivity contribution >= 4 is 22.9 Å². The monoisotopic (exact) mass is 340 g/mol. The molecule has 0 saturated heterocycles. The van der Waals surface area contributed by atoms with E-state index in [0.717, 1.165) is 39.9 Å². The molecule has 0 radical (unpaired) electrons. The minimum atomic E-state index is -0.0520.